The van der Waals surface area contributed by atoms with Crippen LogP contribution in [0.15, 0.2) is 53.5 Å². The molecular weight excluding hydrogens is 308 g/mol. The van der Waals surface area contributed by atoms with E-state index < -0.39 is 11.6 Å². The summed E-state index contributed by atoms with van der Waals surface area (Å²) in [5.74, 6) is 1.73. The van der Waals surface area contributed by atoms with Gasteiger partial charge in [0.1, 0.15) is 29.5 Å². The van der Waals surface area contributed by atoms with Gasteiger partial charge in [-0.25, -0.2) is 4.79 Å². The first-order chi connectivity index (χ1) is 11.4. The Morgan fingerprint density at radius 3 is 2.88 bits per heavy atom. The first-order valence-electron chi connectivity index (χ1n) is 7.58. The molecule has 0 fully saturated rings. The lowest BCUT2D eigenvalue weighted by atomic mass is 10.0. The molecule has 2 amide bonds. The van der Waals surface area contributed by atoms with Crippen LogP contribution < -0.4 is 15.4 Å². The molecule has 1 aromatic carbocycles. The van der Waals surface area contributed by atoms with Gasteiger partial charge in [-0.15, -0.1) is 0 Å². The van der Waals surface area contributed by atoms with Crippen molar-refractivity contribution in [3.63, 3.8) is 0 Å². The molecule has 3 N–H and O–H groups in total. The van der Waals surface area contributed by atoms with Crippen LogP contribution in [0.2, 0.25) is 0 Å². The SMILES string of the molecule is C=CCOc1cccc(NC(=O)NCC(C)(O)c2ccc(C)o2)c1. The number of benzene rings is 1. The third-order valence-electron chi connectivity index (χ3n) is 3.32. The summed E-state index contributed by atoms with van der Waals surface area (Å²) in [7, 11) is 0. The van der Waals surface area contributed by atoms with Gasteiger partial charge in [-0.05, 0) is 38.1 Å². The minimum Gasteiger partial charge on any atom is -0.489 e. The summed E-state index contributed by atoms with van der Waals surface area (Å²) in [6.45, 7) is 7.36. The number of urea groups is 1. The van der Waals surface area contributed by atoms with E-state index in [4.69, 9.17) is 9.15 Å². The topological polar surface area (TPSA) is 83.7 Å². The molecule has 1 atom stereocenters. The molecule has 0 saturated carbocycles. The van der Waals surface area contributed by atoms with Gasteiger partial charge in [0.15, 0.2) is 0 Å². The molecule has 0 saturated heterocycles. The lowest BCUT2D eigenvalue weighted by molar-refractivity contribution is 0.0364. The number of aryl methyl sites for hydroxylation is 1. The predicted molar refractivity (Wildman–Crippen MR) is 92.2 cm³/mol. The summed E-state index contributed by atoms with van der Waals surface area (Å²) in [5.41, 5.74) is -0.705. The van der Waals surface area contributed by atoms with Crippen molar-refractivity contribution in [2.45, 2.75) is 19.4 Å². The van der Waals surface area contributed by atoms with E-state index in [0.29, 0.717) is 29.6 Å². The van der Waals surface area contributed by atoms with Crippen molar-refractivity contribution in [2.24, 2.45) is 0 Å². The third-order valence-corrected chi connectivity index (χ3v) is 3.32. The van der Waals surface area contributed by atoms with Gasteiger partial charge in [0.25, 0.3) is 0 Å². The van der Waals surface area contributed by atoms with E-state index in [2.05, 4.69) is 17.2 Å². The molecule has 2 rings (SSSR count). The highest BCUT2D eigenvalue weighted by Gasteiger charge is 2.27. The number of aliphatic hydroxyl groups is 1. The molecule has 1 aromatic heterocycles. The number of ether oxygens (including phenoxy) is 1. The number of carbonyl (C=O) groups is 1. The van der Waals surface area contributed by atoms with Crippen LogP contribution in [0, 0.1) is 6.92 Å². The van der Waals surface area contributed by atoms with E-state index in [1.807, 2.05) is 0 Å². The Morgan fingerprint density at radius 2 is 2.21 bits per heavy atom. The fraction of sp³-hybridized carbons (Fsp3) is 0.278. The number of anilines is 1. The van der Waals surface area contributed by atoms with Crippen molar-refractivity contribution in [3.8, 4) is 5.75 Å². The molecule has 24 heavy (non-hydrogen) atoms. The number of carbonyl (C=O) groups excluding carboxylic acids is 1. The van der Waals surface area contributed by atoms with E-state index in [9.17, 15) is 9.90 Å². The molecule has 2 aromatic rings. The first-order valence-corrected chi connectivity index (χ1v) is 7.58. The number of rotatable bonds is 7. The second kappa shape index (κ2) is 7.70. The molecule has 0 aliphatic rings. The van der Waals surface area contributed by atoms with Gasteiger partial charge in [-0.1, -0.05) is 18.7 Å². The van der Waals surface area contributed by atoms with Crippen LogP contribution in [-0.2, 0) is 5.60 Å². The Labute approximate surface area is 141 Å². The Balaban J connectivity index is 1.90. The van der Waals surface area contributed by atoms with Crippen LogP contribution in [0.1, 0.15) is 18.4 Å². The molecule has 1 unspecified atom stereocenters. The fourth-order valence-electron chi connectivity index (χ4n) is 2.06. The average molecular weight is 330 g/mol. The molecule has 0 aliphatic heterocycles. The lowest BCUT2D eigenvalue weighted by Gasteiger charge is -2.21. The van der Waals surface area contributed by atoms with E-state index >= 15 is 0 Å². The Bertz CT molecular complexity index is 707. The Morgan fingerprint density at radius 1 is 1.42 bits per heavy atom. The zero-order valence-corrected chi connectivity index (χ0v) is 13.8. The van der Waals surface area contributed by atoms with E-state index in [1.165, 1.54) is 0 Å². The van der Waals surface area contributed by atoms with Crippen LogP contribution in [0.5, 0.6) is 5.75 Å². The smallest absolute Gasteiger partial charge is 0.319 e. The highest BCUT2D eigenvalue weighted by atomic mass is 16.5. The van der Waals surface area contributed by atoms with Gasteiger partial charge in [0, 0.05) is 11.8 Å². The molecule has 128 valence electrons. The van der Waals surface area contributed by atoms with E-state index in [1.54, 1.807) is 56.3 Å². The first kappa shape index (κ1) is 17.6. The zero-order valence-electron chi connectivity index (χ0n) is 13.8. The molecule has 0 aliphatic carbocycles. The molecular formula is C18H22N2O4. The largest absolute Gasteiger partial charge is 0.489 e. The van der Waals surface area contributed by atoms with Crippen molar-refractivity contribution in [1.82, 2.24) is 5.32 Å². The van der Waals surface area contributed by atoms with Crippen LogP contribution in [-0.4, -0.2) is 24.3 Å². The Kier molecular flexibility index (Phi) is 5.65. The van der Waals surface area contributed by atoms with Gasteiger partial charge in [0.2, 0.25) is 0 Å². The van der Waals surface area contributed by atoms with Gasteiger partial charge in [0.05, 0.1) is 6.54 Å². The van der Waals surface area contributed by atoms with E-state index in [-0.39, 0.29) is 6.54 Å². The highest BCUT2D eigenvalue weighted by Crippen LogP contribution is 2.22. The number of nitrogens with one attached hydrogen (secondary N) is 2. The molecule has 6 heteroatoms. The Hall–Kier alpha value is -2.73. The summed E-state index contributed by atoms with van der Waals surface area (Å²) < 4.78 is 10.8. The number of hydrogen-bond donors (Lipinski definition) is 3. The molecule has 6 nitrogen and oxygen atoms in total. The summed E-state index contributed by atoms with van der Waals surface area (Å²) in [4.78, 5) is 12.0. The number of furan rings is 1. The van der Waals surface area contributed by atoms with Crippen LogP contribution in [0.25, 0.3) is 0 Å². The summed E-state index contributed by atoms with van der Waals surface area (Å²) in [6.07, 6.45) is 1.64. The molecule has 0 radical (unpaired) electrons. The van der Waals surface area contributed by atoms with Crippen molar-refractivity contribution in [3.05, 3.63) is 60.6 Å². The normalized spacial score (nSPS) is 13.0. The summed E-state index contributed by atoms with van der Waals surface area (Å²) in [5, 5.41) is 15.7. The van der Waals surface area contributed by atoms with Gasteiger partial charge in [-0.3, -0.25) is 0 Å². The second-order valence-corrected chi connectivity index (χ2v) is 5.62. The van der Waals surface area contributed by atoms with Crippen LogP contribution in [0.3, 0.4) is 0 Å². The maximum absolute atomic E-state index is 12.0. The molecule has 0 spiro atoms. The predicted octanol–water partition coefficient (Wildman–Crippen LogP) is 3.18. The van der Waals surface area contributed by atoms with Crippen LogP contribution in [0.4, 0.5) is 10.5 Å². The van der Waals surface area contributed by atoms with Crippen molar-refractivity contribution in [1.29, 1.82) is 0 Å². The van der Waals surface area contributed by atoms with Crippen molar-refractivity contribution in [2.75, 3.05) is 18.5 Å². The standard InChI is InChI=1S/C18H22N2O4/c1-4-10-23-15-7-5-6-14(11-15)20-17(21)19-12-18(3,22)16-9-8-13(2)24-16/h4-9,11,22H,1,10,12H2,2-3H3,(H2,19,20,21). The van der Waals surface area contributed by atoms with E-state index in [0.717, 1.165) is 0 Å². The van der Waals surface area contributed by atoms with Crippen molar-refractivity contribution < 1.29 is 19.1 Å². The minimum absolute atomic E-state index is 0.0123. The second-order valence-electron chi connectivity index (χ2n) is 5.62. The highest BCUT2D eigenvalue weighted by molar-refractivity contribution is 5.89. The number of hydrogen-bond acceptors (Lipinski definition) is 4. The quantitative estimate of drug-likeness (QED) is 0.681. The van der Waals surface area contributed by atoms with Gasteiger partial charge >= 0.3 is 6.03 Å². The molecule has 0 bridgehead atoms. The zero-order chi connectivity index (χ0) is 17.6. The van der Waals surface area contributed by atoms with Gasteiger partial charge < -0.3 is 24.9 Å². The van der Waals surface area contributed by atoms with Crippen molar-refractivity contribution >= 4 is 11.7 Å². The lowest BCUT2D eigenvalue weighted by Crippen LogP contribution is -2.40. The monoisotopic (exact) mass is 330 g/mol. The van der Waals surface area contributed by atoms with Gasteiger partial charge in [-0.2, -0.15) is 0 Å². The third kappa shape index (κ3) is 4.89. The van der Waals surface area contributed by atoms with Crippen LogP contribution >= 0.6 is 0 Å². The maximum Gasteiger partial charge on any atom is 0.319 e. The number of amides is 2. The molecule has 1 heterocycles. The summed E-state index contributed by atoms with van der Waals surface area (Å²) >= 11 is 0. The minimum atomic E-state index is -1.29. The fourth-order valence-corrected chi connectivity index (χ4v) is 2.06. The summed E-state index contributed by atoms with van der Waals surface area (Å²) in [6, 6.07) is 10.0. The maximum atomic E-state index is 12.0. The average Bonchev–Trinajstić information content (AvgIpc) is 2.99.